The zero-order valence-electron chi connectivity index (χ0n) is 9.33. The van der Waals surface area contributed by atoms with Gasteiger partial charge in [0, 0.05) is 6.42 Å². The Morgan fingerprint density at radius 3 is 2.65 bits per heavy atom. The summed E-state index contributed by atoms with van der Waals surface area (Å²) in [4.78, 5) is 22.4. The molecule has 0 aliphatic carbocycles. The molecule has 0 atom stereocenters. The first-order valence-electron chi connectivity index (χ1n) is 5.14. The molecule has 1 aromatic rings. The van der Waals surface area contributed by atoms with Gasteiger partial charge in [-0.15, -0.1) is 0 Å². The van der Waals surface area contributed by atoms with Crippen LogP contribution in [0, 0.1) is 11.6 Å². The maximum Gasteiger partial charge on any atom is 0.313 e. The van der Waals surface area contributed by atoms with Gasteiger partial charge in [0.25, 0.3) is 0 Å². The van der Waals surface area contributed by atoms with E-state index in [2.05, 4.69) is 4.74 Å². The van der Waals surface area contributed by atoms with Crippen LogP contribution in [-0.4, -0.2) is 18.4 Å². The van der Waals surface area contributed by atoms with Crippen LogP contribution in [0.1, 0.15) is 18.9 Å². The van der Waals surface area contributed by atoms with E-state index in [1.54, 1.807) is 6.92 Å². The minimum Gasteiger partial charge on any atom is -0.466 e. The molecule has 3 nitrogen and oxygen atoms in total. The first kappa shape index (κ1) is 13.3. The lowest BCUT2D eigenvalue weighted by molar-refractivity contribution is -0.145. The van der Waals surface area contributed by atoms with Crippen molar-refractivity contribution < 1.29 is 23.1 Å². The van der Waals surface area contributed by atoms with Crippen LogP contribution in [0.25, 0.3) is 0 Å². The summed E-state index contributed by atoms with van der Waals surface area (Å²) < 4.78 is 30.6. The Bertz CT molecular complexity index is 430. The van der Waals surface area contributed by atoms with Gasteiger partial charge in [-0.2, -0.15) is 0 Å². The molecule has 0 saturated carbocycles. The van der Waals surface area contributed by atoms with Crippen LogP contribution in [0.3, 0.4) is 0 Å². The number of hydrogen-bond donors (Lipinski definition) is 0. The highest BCUT2D eigenvalue weighted by atomic mass is 19.2. The minimum absolute atomic E-state index is 0.0562. The fraction of sp³-hybridized carbons (Fsp3) is 0.333. The van der Waals surface area contributed by atoms with Gasteiger partial charge in [-0.25, -0.2) is 8.78 Å². The Hall–Kier alpha value is -1.78. The zero-order chi connectivity index (χ0) is 12.8. The summed E-state index contributed by atoms with van der Waals surface area (Å²) in [5.74, 6) is -3.22. The van der Waals surface area contributed by atoms with E-state index < -0.39 is 29.8 Å². The standard InChI is InChI=1S/C12H12F2O3/c1-2-17-11(16)7-9(15)6-8-4-3-5-10(13)12(8)14/h3-5H,2,6-7H2,1H3. The maximum atomic E-state index is 13.2. The molecule has 1 aromatic carbocycles. The lowest BCUT2D eigenvalue weighted by atomic mass is 10.1. The number of carbonyl (C=O) groups is 2. The van der Waals surface area contributed by atoms with Crippen molar-refractivity contribution in [2.45, 2.75) is 19.8 Å². The number of ether oxygens (including phenoxy) is 1. The summed E-state index contributed by atoms with van der Waals surface area (Å²) >= 11 is 0. The number of hydrogen-bond acceptors (Lipinski definition) is 3. The van der Waals surface area contributed by atoms with Gasteiger partial charge in [-0.3, -0.25) is 9.59 Å². The highest BCUT2D eigenvalue weighted by molar-refractivity contribution is 5.96. The molecule has 5 heteroatoms. The van der Waals surface area contributed by atoms with Gasteiger partial charge in [0.1, 0.15) is 12.2 Å². The second-order valence-corrected chi connectivity index (χ2v) is 3.41. The van der Waals surface area contributed by atoms with Crippen LogP contribution in [-0.2, 0) is 20.7 Å². The first-order valence-corrected chi connectivity index (χ1v) is 5.14. The zero-order valence-corrected chi connectivity index (χ0v) is 9.33. The van der Waals surface area contributed by atoms with E-state index in [-0.39, 0.29) is 18.6 Å². The van der Waals surface area contributed by atoms with Crippen molar-refractivity contribution in [2.75, 3.05) is 6.61 Å². The molecule has 0 unspecified atom stereocenters. The number of ketones is 1. The van der Waals surface area contributed by atoms with Crippen molar-refractivity contribution in [1.82, 2.24) is 0 Å². The fourth-order valence-electron chi connectivity index (χ4n) is 1.33. The smallest absolute Gasteiger partial charge is 0.313 e. The third kappa shape index (κ3) is 3.94. The SMILES string of the molecule is CCOC(=O)CC(=O)Cc1cccc(F)c1F. The molecular weight excluding hydrogens is 230 g/mol. The van der Waals surface area contributed by atoms with E-state index in [9.17, 15) is 18.4 Å². The number of rotatable bonds is 5. The molecule has 0 saturated heterocycles. The molecule has 17 heavy (non-hydrogen) atoms. The predicted molar refractivity (Wildman–Crippen MR) is 56.3 cm³/mol. The van der Waals surface area contributed by atoms with Crippen molar-refractivity contribution in [2.24, 2.45) is 0 Å². The monoisotopic (exact) mass is 242 g/mol. The average molecular weight is 242 g/mol. The van der Waals surface area contributed by atoms with E-state index in [0.29, 0.717) is 0 Å². The van der Waals surface area contributed by atoms with Crippen LogP contribution in [0.4, 0.5) is 8.78 Å². The summed E-state index contributed by atoms with van der Waals surface area (Å²) in [7, 11) is 0. The fourth-order valence-corrected chi connectivity index (χ4v) is 1.33. The number of Topliss-reactive ketones (excluding diaryl/α,β-unsaturated/α-hetero) is 1. The molecule has 0 aromatic heterocycles. The van der Waals surface area contributed by atoms with Crippen molar-refractivity contribution >= 4 is 11.8 Å². The lowest BCUT2D eigenvalue weighted by Crippen LogP contribution is -2.13. The summed E-state index contributed by atoms with van der Waals surface area (Å²) in [6.07, 6.45) is -0.744. The molecule has 0 spiro atoms. The second kappa shape index (κ2) is 6.08. The number of esters is 1. The topological polar surface area (TPSA) is 43.4 Å². The molecule has 0 heterocycles. The van der Waals surface area contributed by atoms with Gasteiger partial charge in [-0.05, 0) is 18.6 Å². The quantitative estimate of drug-likeness (QED) is 0.586. The van der Waals surface area contributed by atoms with E-state index in [0.717, 1.165) is 6.07 Å². The van der Waals surface area contributed by atoms with E-state index >= 15 is 0 Å². The third-order valence-electron chi connectivity index (χ3n) is 2.07. The minimum atomic E-state index is -1.05. The average Bonchev–Trinajstić information content (AvgIpc) is 2.25. The molecule has 92 valence electrons. The van der Waals surface area contributed by atoms with Gasteiger partial charge in [-0.1, -0.05) is 12.1 Å². The molecule has 1 rings (SSSR count). The molecule has 0 fully saturated rings. The number of carbonyl (C=O) groups excluding carboxylic acids is 2. The molecule has 0 aliphatic rings. The lowest BCUT2D eigenvalue weighted by Gasteiger charge is -2.03. The summed E-state index contributed by atoms with van der Waals surface area (Å²) in [6.45, 7) is 1.80. The van der Waals surface area contributed by atoms with Gasteiger partial charge < -0.3 is 4.74 Å². The van der Waals surface area contributed by atoms with Crippen LogP contribution < -0.4 is 0 Å². The second-order valence-electron chi connectivity index (χ2n) is 3.41. The Kier molecular flexibility index (Phi) is 4.75. The van der Waals surface area contributed by atoms with Crippen LogP contribution in [0.5, 0.6) is 0 Å². The molecule has 0 bridgehead atoms. The van der Waals surface area contributed by atoms with Crippen LogP contribution in [0.15, 0.2) is 18.2 Å². The van der Waals surface area contributed by atoms with Gasteiger partial charge in [0.2, 0.25) is 0 Å². The van der Waals surface area contributed by atoms with Crippen LogP contribution in [0.2, 0.25) is 0 Å². The predicted octanol–water partition coefficient (Wildman–Crippen LogP) is 2.03. The Balaban J connectivity index is 2.62. The summed E-state index contributed by atoms with van der Waals surface area (Å²) in [6, 6.07) is 3.58. The van der Waals surface area contributed by atoms with Crippen molar-refractivity contribution in [3.05, 3.63) is 35.4 Å². The highest BCUT2D eigenvalue weighted by Crippen LogP contribution is 2.12. The first-order chi connectivity index (χ1) is 8.04. The van der Waals surface area contributed by atoms with E-state index in [4.69, 9.17) is 0 Å². The Labute approximate surface area is 97.4 Å². The van der Waals surface area contributed by atoms with Crippen molar-refractivity contribution in [3.8, 4) is 0 Å². The molecule has 0 N–H and O–H groups in total. The Morgan fingerprint density at radius 2 is 2.00 bits per heavy atom. The highest BCUT2D eigenvalue weighted by Gasteiger charge is 2.14. The molecule has 0 aliphatic heterocycles. The van der Waals surface area contributed by atoms with E-state index in [1.807, 2.05) is 0 Å². The van der Waals surface area contributed by atoms with Crippen molar-refractivity contribution in [1.29, 1.82) is 0 Å². The summed E-state index contributed by atoms with van der Waals surface area (Å²) in [5.41, 5.74) is -0.0562. The van der Waals surface area contributed by atoms with Crippen molar-refractivity contribution in [3.63, 3.8) is 0 Å². The largest absolute Gasteiger partial charge is 0.466 e. The molecule has 0 radical (unpaired) electrons. The number of benzene rings is 1. The molecular formula is C12H12F2O3. The van der Waals surface area contributed by atoms with Gasteiger partial charge >= 0.3 is 5.97 Å². The number of halogens is 2. The maximum absolute atomic E-state index is 13.2. The summed E-state index contributed by atoms with van der Waals surface area (Å²) in [5, 5.41) is 0. The Morgan fingerprint density at radius 1 is 1.29 bits per heavy atom. The molecule has 0 amide bonds. The van der Waals surface area contributed by atoms with Crippen LogP contribution >= 0.6 is 0 Å². The third-order valence-corrected chi connectivity index (χ3v) is 2.07. The normalized spacial score (nSPS) is 10.1. The van der Waals surface area contributed by atoms with E-state index in [1.165, 1.54) is 12.1 Å². The van der Waals surface area contributed by atoms with Gasteiger partial charge in [0.15, 0.2) is 11.6 Å². The van der Waals surface area contributed by atoms with Gasteiger partial charge in [0.05, 0.1) is 6.61 Å².